The van der Waals surface area contributed by atoms with E-state index in [9.17, 15) is 4.79 Å². The standard InChI is InChI=1S/C16H21N3O3/c1-5-19-10-9-13(18-19)12-7-6-8-14(17-12)21-11-15(20)22-16(2,3)4/h6-10H,5,11H2,1-4H3. The summed E-state index contributed by atoms with van der Waals surface area (Å²) in [4.78, 5) is 16.0. The molecule has 22 heavy (non-hydrogen) atoms. The van der Waals surface area contributed by atoms with E-state index in [-0.39, 0.29) is 6.61 Å². The lowest BCUT2D eigenvalue weighted by atomic mass is 10.2. The minimum atomic E-state index is -0.525. The topological polar surface area (TPSA) is 66.2 Å². The summed E-state index contributed by atoms with van der Waals surface area (Å²) in [6.45, 7) is 8.09. The van der Waals surface area contributed by atoms with Crippen LogP contribution in [0.4, 0.5) is 0 Å². The van der Waals surface area contributed by atoms with Gasteiger partial charge in [-0.15, -0.1) is 0 Å². The molecular weight excluding hydrogens is 282 g/mol. The van der Waals surface area contributed by atoms with Crippen LogP contribution in [-0.4, -0.2) is 32.9 Å². The van der Waals surface area contributed by atoms with Crippen molar-refractivity contribution < 1.29 is 14.3 Å². The van der Waals surface area contributed by atoms with Crippen molar-refractivity contribution in [3.63, 3.8) is 0 Å². The molecule has 2 aromatic rings. The fraction of sp³-hybridized carbons (Fsp3) is 0.438. The second kappa shape index (κ2) is 6.60. The lowest BCUT2D eigenvalue weighted by Gasteiger charge is -2.19. The molecule has 0 saturated carbocycles. The summed E-state index contributed by atoms with van der Waals surface area (Å²) in [6.07, 6.45) is 1.89. The highest BCUT2D eigenvalue weighted by atomic mass is 16.6. The molecule has 0 bridgehead atoms. The minimum absolute atomic E-state index is 0.170. The molecule has 0 radical (unpaired) electrons. The molecule has 0 saturated heterocycles. The molecule has 6 heteroatoms. The summed E-state index contributed by atoms with van der Waals surface area (Å²) in [5.41, 5.74) is 0.946. The van der Waals surface area contributed by atoms with E-state index in [1.807, 2.05) is 56.8 Å². The van der Waals surface area contributed by atoms with Crippen LogP contribution in [-0.2, 0) is 16.1 Å². The maximum absolute atomic E-state index is 11.6. The van der Waals surface area contributed by atoms with Gasteiger partial charge in [0.15, 0.2) is 6.61 Å². The molecule has 0 atom stereocenters. The van der Waals surface area contributed by atoms with Gasteiger partial charge in [0.25, 0.3) is 0 Å². The van der Waals surface area contributed by atoms with Crippen LogP contribution >= 0.6 is 0 Å². The third-order valence-electron chi connectivity index (χ3n) is 2.71. The molecule has 0 spiro atoms. The maximum Gasteiger partial charge on any atom is 0.344 e. The number of rotatable bonds is 5. The normalized spacial score (nSPS) is 11.3. The summed E-state index contributed by atoms with van der Waals surface area (Å²) >= 11 is 0. The Labute approximate surface area is 130 Å². The molecule has 2 heterocycles. The number of ether oxygens (including phenoxy) is 2. The molecule has 0 unspecified atom stereocenters. The number of pyridine rings is 1. The summed E-state index contributed by atoms with van der Waals surface area (Å²) in [5, 5.41) is 4.39. The van der Waals surface area contributed by atoms with Crippen LogP contribution < -0.4 is 4.74 Å². The second-order valence-corrected chi connectivity index (χ2v) is 5.79. The first-order valence-corrected chi connectivity index (χ1v) is 7.23. The molecule has 2 rings (SSSR count). The summed E-state index contributed by atoms with van der Waals surface area (Å²) in [6, 6.07) is 7.26. The zero-order valence-electron chi connectivity index (χ0n) is 13.4. The smallest absolute Gasteiger partial charge is 0.344 e. The number of aryl methyl sites for hydroxylation is 1. The Morgan fingerprint density at radius 2 is 2.00 bits per heavy atom. The van der Waals surface area contributed by atoms with Crippen molar-refractivity contribution in [3.05, 3.63) is 30.5 Å². The number of carbonyl (C=O) groups excluding carboxylic acids is 1. The van der Waals surface area contributed by atoms with Crippen molar-refractivity contribution in [2.24, 2.45) is 0 Å². The predicted molar refractivity (Wildman–Crippen MR) is 82.5 cm³/mol. The Balaban J connectivity index is 2.01. The van der Waals surface area contributed by atoms with Gasteiger partial charge in [0.2, 0.25) is 5.88 Å². The van der Waals surface area contributed by atoms with Crippen molar-refractivity contribution in [2.45, 2.75) is 39.8 Å². The van der Waals surface area contributed by atoms with Crippen molar-refractivity contribution in [2.75, 3.05) is 6.61 Å². The van der Waals surface area contributed by atoms with Gasteiger partial charge in [0, 0.05) is 18.8 Å². The zero-order chi connectivity index (χ0) is 16.2. The fourth-order valence-corrected chi connectivity index (χ4v) is 1.82. The fourth-order valence-electron chi connectivity index (χ4n) is 1.82. The minimum Gasteiger partial charge on any atom is -0.466 e. The number of esters is 1. The van der Waals surface area contributed by atoms with Gasteiger partial charge in [0.1, 0.15) is 11.3 Å². The molecule has 0 aliphatic rings. The van der Waals surface area contributed by atoms with Crippen LogP contribution in [0.3, 0.4) is 0 Å². The van der Waals surface area contributed by atoms with E-state index in [0.717, 1.165) is 12.2 Å². The van der Waals surface area contributed by atoms with Gasteiger partial charge < -0.3 is 9.47 Å². The van der Waals surface area contributed by atoms with Crippen LogP contribution in [0, 0.1) is 0 Å². The van der Waals surface area contributed by atoms with Gasteiger partial charge in [-0.25, -0.2) is 9.78 Å². The van der Waals surface area contributed by atoms with Gasteiger partial charge >= 0.3 is 5.97 Å². The molecular formula is C16H21N3O3. The van der Waals surface area contributed by atoms with Crippen LogP contribution in [0.25, 0.3) is 11.4 Å². The monoisotopic (exact) mass is 303 g/mol. The van der Waals surface area contributed by atoms with E-state index in [1.54, 1.807) is 6.07 Å². The summed E-state index contributed by atoms with van der Waals surface area (Å²) < 4.78 is 12.4. The largest absolute Gasteiger partial charge is 0.466 e. The number of hydrogen-bond acceptors (Lipinski definition) is 5. The number of hydrogen-bond donors (Lipinski definition) is 0. The lowest BCUT2D eigenvalue weighted by Crippen LogP contribution is -2.27. The third kappa shape index (κ3) is 4.58. The predicted octanol–water partition coefficient (Wildman–Crippen LogP) is 2.69. The SMILES string of the molecule is CCn1ccc(-c2cccc(OCC(=O)OC(C)(C)C)n2)n1. The number of carbonyl (C=O) groups is 1. The molecule has 0 N–H and O–H groups in total. The van der Waals surface area contributed by atoms with E-state index in [2.05, 4.69) is 10.1 Å². The van der Waals surface area contributed by atoms with E-state index in [1.165, 1.54) is 0 Å². The molecule has 2 aromatic heterocycles. The van der Waals surface area contributed by atoms with Gasteiger partial charge in [0.05, 0.1) is 5.69 Å². The van der Waals surface area contributed by atoms with Crippen LogP contribution in [0.2, 0.25) is 0 Å². The highest BCUT2D eigenvalue weighted by molar-refractivity contribution is 5.71. The summed E-state index contributed by atoms with van der Waals surface area (Å²) in [7, 11) is 0. The van der Waals surface area contributed by atoms with E-state index >= 15 is 0 Å². The summed E-state index contributed by atoms with van der Waals surface area (Å²) in [5.74, 6) is -0.0515. The van der Waals surface area contributed by atoms with Gasteiger partial charge in [-0.05, 0) is 39.8 Å². The van der Waals surface area contributed by atoms with Gasteiger partial charge in [-0.1, -0.05) is 6.07 Å². The number of aromatic nitrogens is 3. The van der Waals surface area contributed by atoms with Crippen LogP contribution in [0.1, 0.15) is 27.7 Å². The first kappa shape index (κ1) is 16.0. The Bertz CT molecular complexity index is 644. The first-order chi connectivity index (χ1) is 10.4. The first-order valence-electron chi connectivity index (χ1n) is 7.23. The quantitative estimate of drug-likeness (QED) is 0.794. The van der Waals surface area contributed by atoms with Gasteiger partial charge in [-0.3, -0.25) is 4.68 Å². The Kier molecular flexibility index (Phi) is 4.80. The molecule has 0 aliphatic heterocycles. The van der Waals surface area contributed by atoms with Crippen molar-refractivity contribution >= 4 is 5.97 Å². The molecule has 0 aliphatic carbocycles. The van der Waals surface area contributed by atoms with E-state index < -0.39 is 11.6 Å². The molecule has 6 nitrogen and oxygen atoms in total. The van der Waals surface area contributed by atoms with Crippen molar-refractivity contribution in [3.8, 4) is 17.3 Å². The van der Waals surface area contributed by atoms with E-state index in [4.69, 9.17) is 9.47 Å². The Morgan fingerprint density at radius 3 is 2.64 bits per heavy atom. The third-order valence-corrected chi connectivity index (χ3v) is 2.71. The highest BCUT2D eigenvalue weighted by Gasteiger charge is 2.16. The molecule has 0 aromatic carbocycles. The van der Waals surface area contributed by atoms with E-state index in [0.29, 0.717) is 11.6 Å². The van der Waals surface area contributed by atoms with Crippen molar-refractivity contribution in [1.29, 1.82) is 0 Å². The zero-order valence-corrected chi connectivity index (χ0v) is 13.4. The molecule has 118 valence electrons. The van der Waals surface area contributed by atoms with Crippen molar-refractivity contribution in [1.82, 2.24) is 14.8 Å². The second-order valence-electron chi connectivity index (χ2n) is 5.79. The lowest BCUT2D eigenvalue weighted by molar-refractivity contribution is -0.157. The number of nitrogens with zero attached hydrogens (tertiary/aromatic N) is 3. The average Bonchev–Trinajstić information content (AvgIpc) is 2.93. The maximum atomic E-state index is 11.6. The Hall–Kier alpha value is -2.37. The Morgan fingerprint density at radius 1 is 1.23 bits per heavy atom. The highest BCUT2D eigenvalue weighted by Crippen LogP contribution is 2.18. The average molecular weight is 303 g/mol. The van der Waals surface area contributed by atoms with Crippen LogP contribution in [0.15, 0.2) is 30.5 Å². The van der Waals surface area contributed by atoms with Crippen LogP contribution in [0.5, 0.6) is 5.88 Å². The molecule has 0 fully saturated rings. The van der Waals surface area contributed by atoms with Gasteiger partial charge in [-0.2, -0.15) is 5.10 Å². The molecule has 0 amide bonds.